The van der Waals surface area contributed by atoms with Crippen LogP contribution < -0.4 is 10.2 Å². The van der Waals surface area contributed by atoms with E-state index in [-0.39, 0.29) is 23.7 Å². The molecule has 1 atom stereocenters. The van der Waals surface area contributed by atoms with Gasteiger partial charge in [0.25, 0.3) is 5.91 Å². The molecule has 2 amide bonds. The molecule has 0 unspecified atom stereocenters. The van der Waals surface area contributed by atoms with Gasteiger partial charge in [-0.3, -0.25) is 9.59 Å². The first-order valence-electron chi connectivity index (χ1n) is 8.64. The summed E-state index contributed by atoms with van der Waals surface area (Å²) in [5.74, 6) is -0.512. The van der Waals surface area contributed by atoms with Gasteiger partial charge in [0, 0.05) is 43.9 Å². The first-order valence-corrected chi connectivity index (χ1v) is 8.64. The van der Waals surface area contributed by atoms with Crippen molar-refractivity contribution in [1.29, 1.82) is 0 Å². The van der Waals surface area contributed by atoms with Crippen LogP contribution >= 0.6 is 0 Å². The number of hydrogen-bond donors (Lipinski definition) is 1. The molecule has 3 rings (SSSR count). The Morgan fingerprint density at radius 1 is 1.12 bits per heavy atom. The predicted molar refractivity (Wildman–Crippen MR) is 99.9 cm³/mol. The number of hydrogen-bond acceptors (Lipinski definition) is 3. The molecule has 6 heteroatoms. The van der Waals surface area contributed by atoms with E-state index in [1.165, 1.54) is 13.0 Å². The SMILES string of the molecule is CC(=O)Nc1cccc(C(=O)N2CCN(c3ccccc3F)C[C@@H]2C)c1. The summed E-state index contributed by atoms with van der Waals surface area (Å²) in [6.45, 7) is 5.04. The Morgan fingerprint density at radius 2 is 1.88 bits per heavy atom. The van der Waals surface area contributed by atoms with Crippen LogP contribution in [0.5, 0.6) is 0 Å². The van der Waals surface area contributed by atoms with Crippen LogP contribution in [0.15, 0.2) is 48.5 Å². The van der Waals surface area contributed by atoms with Crippen LogP contribution in [0.3, 0.4) is 0 Å². The topological polar surface area (TPSA) is 52.7 Å². The second-order valence-electron chi connectivity index (χ2n) is 6.51. The molecule has 2 aromatic rings. The Hall–Kier alpha value is -2.89. The number of nitrogens with zero attached hydrogens (tertiary/aromatic N) is 2. The third-order valence-corrected chi connectivity index (χ3v) is 4.51. The van der Waals surface area contributed by atoms with Crippen LogP contribution in [0.4, 0.5) is 15.8 Å². The maximum Gasteiger partial charge on any atom is 0.254 e. The van der Waals surface area contributed by atoms with E-state index in [4.69, 9.17) is 0 Å². The summed E-state index contributed by atoms with van der Waals surface area (Å²) in [7, 11) is 0. The minimum Gasteiger partial charge on any atom is -0.365 e. The fourth-order valence-electron chi connectivity index (χ4n) is 3.29. The van der Waals surface area contributed by atoms with Crippen LogP contribution in [0.25, 0.3) is 0 Å². The fraction of sp³-hybridized carbons (Fsp3) is 0.300. The largest absolute Gasteiger partial charge is 0.365 e. The van der Waals surface area contributed by atoms with Crippen molar-refractivity contribution in [1.82, 2.24) is 4.90 Å². The van der Waals surface area contributed by atoms with Crippen molar-refractivity contribution < 1.29 is 14.0 Å². The zero-order chi connectivity index (χ0) is 18.7. The highest BCUT2D eigenvalue weighted by atomic mass is 19.1. The van der Waals surface area contributed by atoms with Gasteiger partial charge in [0.15, 0.2) is 0 Å². The average molecular weight is 355 g/mol. The molecule has 0 aromatic heterocycles. The summed E-state index contributed by atoms with van der Waals surface area (Å²) in [6.07, 6.45) is 0. The summed E-state index contributed by atoms with van der Waals surface area (Å²) < 4.78 is 14.0. The highest BCUT2D eigenvalue weighted by Gasteiger charge is 2.29. The number of carbonyl (C=O) groups excluding carboxylic acids is 2. The molecule has 136 valence electrons. The van der Waals surface area contributed by atoms with Gasteiger partial charge in [-0.15, -0.1) is 0 Å². The molecular weight excluding hydrogens is 333 g/mol. The van der Waals surface area contributed by atoms with Crippen LogP contribution in [0, 0.1) is 5.82 Å². The second-order valence-corrected chi connectivity index (χ2v) is 6.51. The van der Waals surface area contributed by atoms with Crippen LogP contribution in [0.1, 0.15) is 24.2 Å². The van der Waals surface area contributed by atoms with Gasteiger partial charge in [0.05, 0.1) is 5.69 Å². The molecule has 1 heterocycles. The van der Waals surface area contributed by atoms with Crippen LogP contribution in [-0.4, -0.2) is 42.4 Å². The molecule has 26 heavy (non-hydrogen) atoms. The van der Waals surface area contributed by atoms with E-state index >= 15 is 0 Å². The summed E-state index contributed by atoms with van der Waals surface area (Å²) in [5.41, 5.74) is 1.70. The number of anilines is 2. The Bertz CT molecular complexity index is 824. The lowest BCUT2D eigenvalue weighted by molar-refractivity contribution is -0.114. The minimum atomic E-state index is -0.248. The van der Waals surface area contributed by atoms with Gasteiger partial charge in [-0.1, -0.05) is 18.2 Å². The molecule has 1 saturated heterocycles. The van der Waals surface area contributed by atoms with E-state index in [9.17, 15) is 14.0 Å². The standard InChI is InChI=1S/C20H22FN3O2/c1-14-13-23(19-9-4-3-8-18(19)21)10-11-24(14)20(26)16-6-5-7-17(12-16)22-15(2)25/h3-9,12,14H,10-11,13H2,1-2H3,(H,22,25)/t14-/m0/s1. The van der Waals surface area contributed by atoms with Crippen molar-refractivity contribution in [3.8, 4) is 0 Å². The molecule has 1 aliphatic heterocycles. The van der Waals surface area contributed by atoms with Crippen molar-refractivity contribution in [3.63, 3.8) is 0 Å². The third-order valence-electron chi connectivity index (χ3n) is 4.51. The van der Waals surface area contributed by atoms with Gasteiger partial charge in [0.2, 0.25) is 5.91 Å². The molecular formula is C20H22FN3O2. The molecule has 5 nitrogen and oxygen atoms in total. The van der Waals surface area contributed by atoms with Gasteiger partial charge < -0.3 is 15.1 Å². The van der Waals surface area contributed by atoms with Crippen LogP contribution in [0.2, 0.25) is 0 Å². The third kappa shape index (κ3) is 3.85. The number of para-hydroxylation sites is 1. The molecule has 1 N–H and O–H groups in total. The van der Waals surface area contributed by atoms with Crippen molar-refractivity contribution in [3.05, 3.63) is 59.9 Å². The molecule has 2 aromatic carbocycles. The van der Waals surface area contributed by atoms with E-state index in [0.29, 0.717) is 36.6 Å². The summed E-state index contributed by atoms with van der Waals surface area (Å²) in [5, 5.41) is 2.69. The van der Waals surface area contributed by atoms with Gasteiger partial charge in [0.1, 0.15) is 5.82 Å². The van der Waals surface area contributed by atoms with E-state index in [2.05, 4.69) is 5.32 Å². The molecule has 1 fully saturated rings. The van der Waals surface area contributed by atoms with Gasteiger partial charge >= 0.3 is 0 Å². The first-order chi connectivity index (χ1) is 12.5. The normalized spacial score (nSPS) is 17.1. The highest BCUT2D eigenvalue weighted by molar-refractivity contribution is 5.97. The van der Waals surface area contributed by atoms with Gasteiger partial charge in [-0.05, 0) is 37.3 Å². The Balaban J connectivity index is 1.72. The van der Waals surface area contributed by atoms with Gasteiger partial charge in [-0.25, -0.2) is 4.39 Å². The molecule has 0 saturated carbocycles. The molecule has 0 aliphatic carbocycles. The Labute approximate surface area is 152 Å². The van der Waals surface area contributed by atoms with Crippen molar-refractivity contribution >= 4 is 23.2 Å². The fourth-order valence-corrected chi connectivity index (χ4v) is 3.29. The Morgan fingerprint density at radius 3 is 2.58 bits per heavy atom. The number of carbonyl (C=O) groups is 2. The number of rotatable bonds is 3. The number of benzene rings is 2. The maximum atomic E-state index is 14.0. The highest BCUT2D eigenvalue weighted by Crippen LogP contribution is 2.23. The lowest BCUT2D eigenvalue weighted by Crippen LogP contribution is -2.54. The van der Waals surface area contributed by atoms with E-state index in [1.54, 1.807) is 41.3 Å². The minimum absolute atomic E-state index is 0.0553. The second kappa shape index (κ2) is 7.56. The molecule has 0 radical (unpaired) electrons. The summed E-state index contributed by atoms with van der Waals surface area (Å²) in [6, 6.07) is 13.6. The van der Waals surface area contributed by atoms with Crippen molar-refractivity contribution in [2.24, 2.45) is 0 Å². The maximum absolute atomic E-state index is 14.0. The number of piperazine rings is 1. The first kappa shape index (κ1) is 17.9. The molecule has 1 aliphatic rings. The predicted octanol–water partition coefficient (Wildman–Crippen LogP) is 3.14. The zero-order valence-electron chi connectivity index (χ0n) is 14.9. The quantitative estimate of drug-likeness (QED) is 0.920. The molecule has 0 spiro atoms. The van der Waals surface area contributed by atoms with Crippen molar-refractivity contribution in [2.75, 3.05) is 29.9 Å². The zero-order valence-corrected chi connectivity index (χ0v) is 14.9. The Kier molecular flexibility index (Phi) is 5.21. The lowest BCUT2D eigenvalue weighted by atomic mass is 10.1. The number of amides is 2. The van der Waals surface area contributed by atoms with Crippen LogP contribution in [-0.2, 0) is 4.79 Å². The smallest absolute Gasteiger partial charge is 0.254 e. The van der Waals surface area contributed by atoms with E-state index in [1.807, 2.05) is 17.9 Å². The molecule has 0 bridgehead atoms. The van der Waals surface area contributed by atoms with E-state index < -0.39 is 0 Å². The monoisotopic (exact) mass is 355 g/mol. The average Bonchev–Trinajstić information content (AvgIpc) is 2.61. The number of halogens is 1. The summed E-state index contributed by atoms with van der Waals surface area (Å²) >= 11 is 0. The summed E-state index contributed by atoms with van der Waals surface area (Å²) in [4.78, 5) is 27.8. The number of nitrogens with one attached hydrogen (secondary N) is 1. The lowest BCUT2D eigenvalue weighted by Gasteiger charge is -2.41. The van der Waals surface area contributed by atoms with Crippen molar-refractivity contribution in [2.45, 2.75) is 19.9 Å². The van der Waals surface area contributed by atoms with E-state index in [0.717, 1.165) is 0 Å². The van der Waals surface area contributed by atoms with Gasteiger partial charge in [-0.2, -0.15) is 0 Å².